The first-order valence-electron chi connectivity index (χ1n) is 9.27. The van der Waals surface area contributed by atoms with Crippen molar-refractivity contribution in [3.8, 4) is 0 Å². The maximum absolute atomic E-state index is 12.2. The number of amides is 3. The number of carbonyl (C=O) groups is 2. The summed E-state index contributed by atoms with van der Waals surface area (Å²) in [6.07, 6.45) is 4.68. The predicted molar refractivity (Wildman–Crippen MR) is 102 cm³/mol. The van der Waals surface area contributed by atoms with E-state index in [9.17, 15) is 9.59 Å². The van der Waals surface area contributed by atoms with Crippen molar-refractivity contribution < 1.29 is 9.59 Å². The molecule has 1 aliphatic heterocycles. The van der Waals surface area contributed by atoms with Crippen LogP contribution in [0.15, 0.2) is 24.4 Å². The highest BCUT2D eigenvalue weighted by atomic mass is 16.2. The highest BCUT2D eigenvalue weighted by molar-refractivity contribution is 5.83. The Morgan fingerprint density at radius 3 is 2.62 bits per heavy atom. The molecule has 0 saturated carbocycles. The number of urea groups is 1. The lowest BCUT2D eigenvalue weighted by Gasteiger charge is -2.31. The van der Waals surface area contributed by atoms with E-state index in [4.69, 9.17) is 0 Å². The number of aromatic nitrogens is 1. The van der Waals surface area contributed by atoms with Gasteiger partial charge in [0.25, 0.3) is 0 Å². The third-order valence-electron chi connectivity index (χ3n) is 4.96. The molecule has 0 aromatic carbocycles. The molecule has 2 rings (SSSR count). The van der Waals surface area contributed by atoms with Gasteiger partial charge in [0, 0.05) is 45.5 Å². The number of nitrogens with one attached hydrogen (secondary N) is 1. The van der Waals surface area contributed by atoms with Crippen LogP contribution in [-0.2, 0) is 11.2 Å². The summed E-state index contributed by atoms with van der Waals surface area (Å²) in [4.78, 5) is 34.3. The average Bonchev–Trinajstić information content (AvgIpc) is 2.66. The number of rotatable bonds is 7. The minimum Gasteiger partial charge on any atom is -0.344 e. The molecule has 3 amide bonds. The lowest BCUT2D eigenvalue weighted by molar-refractivity contribution is -0.128. The second-order valence-corrected chi connectivity index (χ2v) is 7.17. The van der Waals surface area contributed by atoms with Crippen molar-refractivity contribution in [2.45, 2.75) is 19.3 Å². The highest BCUT2D eigenvalue weighted by Crippen LogP contribution is 2.16. The molecule has 0 atom stereocenters. The summed E-state index contributed by atoms with van der Waals surface area (Å²) in [6.45, 7) is 3.51. The SMILES string of the molecule is CN1CCC(CN(C)C(=O)NCC(=O)N(C)CCc2ccccn2)CC1. The maximum Gasteiger partial charge on any atom is 0.317 e. The van der Waals surface area contributed by atoms with Gasteiger partial charge in [0.1, 0.15) is 0 Å². The van der Waals surface area contributed by atoms with Gasteiger partial charge in [-0.25, -0.2) is 4.79 Å². The number of likely N-dealkylation sites (N-methyl/N-ethyl adjacent to an activating group) is 1. The van der Waals surface area contributed by atoms with E-state index in [1.807, 2.05) is 18.2 Å². The molecule has 1 N–H and O–H groups in total. The highest BCUT2D eigenvalue weighted by Gasteiger charge is 2.20. The van der Waals surface area contributed by atoms with Gasteiger partial charge in [-0.05, 0) is 51.0 Å². The number of hydrogen-bond donors (Lipinski definition) is 1. The van der Waals surface area contributed by atoms with Gasteiger partial charge < -0.3 is 20.0 Å². The van der Waals surface area contributed by atoms with Crippen molar-refractivity contribution in [1.29, 1.82) is 0 Å². The molecule has 1 aromatic heterocycles. The van der Waals surface area contributed by atoms with Gasteiger partial charge in [-0.3, -0.25) is 9.78 Å². The number of piperidine rings is 1. The first-order valence-corrected chi connectivity index (χ1v) is 9.27. The zero-order valence-electron chi connectivity index (χ0n) is 16.1. The number of likely N-dealkylation sites (tertiary alicyclic amines) is 1. The summed E-state index contributed by atoms with van der Waals surface area (Å²) in [5.74, 6) is 0.445. The molecule has 0 unspecified atom stereocenters. The van der Waals surface area contributed by atoms with Gasteiger partial charge >= 0.3 is 6.03 Å². The lowest BCUT2D eigenvalue weighted by Crippen LogP contribution is -2.46. The Labute approximate surface area is 156 Å². The number of pyridine rings is 1. The Kier molecular flexibility index (Phi) is 7.84. The number of hydrogen-bond acceptors (Lipinski definition) is 4. The van der Waals surface area contributed by atoms with Gasteiger partial charge in [0.2, 0.25) is 5.91 Å². The van der Waals surface area contributed by atoms with Crippen molar-refractivity contribution in [2.75, 3.05) is 53.9 Å². The van der Waals surface area contributed by atoms with E-state index in [0.717, 1.165) is 38.2 Å². The Morgan fingerprint density at radius 2 is 1.96 bits per heavy atom. The van der Waals surface area contributed by atoms with Crippen molar-refractivity contribution >= 4 is 11.9 Å². The minimum atomic E-state index is -0.185. The molecule has 144 valence electrons. The van der Waals surface area contributed by atoms with Crippen LogP contribution in [0.4, 0.5) is 4.79 Å². The zero-order valence-corrected chi connectivity index (χ0v) is 16.1. The first-order chi connectivity index (χ1) is 12.5. The van der Waals surface area contributed by atoms with Crippen LogP contribution in [0.25, 0.3) is 0 Å². The molecule has 7 nitrogen and oxygen atoms in total. The molecule has 1 aliphatic rings. The predicted octanol–water partition coefficient (Wildman–Crippen LogP) is 1.07. The van der Waals surface area contributed by atoms with Crippen LogP contribution < -0.4 is 5.32 Å². The van der Waals surface area contributed by atoms with Crippen LogP contribution >= 0.6 is 0 Å². The topological polar surface area (TPSA) is 68.8 Å². The Hall–Kier alpha value is -2.15. The van der Waals surface area contributed by atoms with Gasteiger partial charge in [0.15, 0.2) is 0 Å². The van der Waals surface area contributed by atoms with E-state index in [1.54, 1.807) is 30.1 Å². The van der Waals surface area contributed by atoms with Crippen LogP contribution in [0, 0.1) is 5.92 Å². The Balaban J connectivity index is 1.66. The fourth-order valence-electron chi connectivity index (χ4n) is 3.09. The molecule has 0 radical (unpaired) electrons. The Morgan fingerprint density at radius 1 is 1.23 bits per heavy atom. The first kappa shape index (κ1) is 20.2. The molecule has 7 heteroatoms. The fourth-order valence-corrected chi connectivity index (χ4v) is 3.09. The molecule has 26 heavy (non-hydrogen) atoms. The fraction of sp³-hybridized carbons (Fsp3) is 0.632. The summed E-state index contributed by atoms with van der Waals surface area (Å²) >= 11 is 0. The third kappa shape index (κ3) is 6.63. The molecule has 2 heterocycles. The van der Waals surface area contributed by atoms with E-state index in [2.05, 4.69) is 22.2 Å². The minimum absolute atomic E-state index is 0.0231. The summed E-state index contributed by atoms with van der Waals surface area (Å²) < 4.78 is 0. The van der Waals surface area contributed by atoms with E-state index in [-0.39, 0.29) is 18.5 Å². The van der Waals surface area contributed by atoms with Gasteiger partial charge in [-0.1, -0.05) is 6.07 Å². The molecular formula is C19H31N5O2. The molecule has 0 aliphatic carbocycles. The summed E-state index contributed by atoms with van der Waals surface area (Å²) in [7, 11) is 5.67. The normalized spacial score (nSPS) is 15.5. The quantitative estimate of drug-likeness (QED) is 0.789. The van der Waals surface area contributed by atoms with Crippen LogP contribution in [0.1, 0.15) is 18.5 Å². The molecule has 1 saturated heterocycles. The number of nitrogens with zero attached hydrogens (tertiary/aromatic N) is 4. The molecule has 0 spiro atoms. The van der Waals surface area contributed by atoms with Crippen LogP contribution in [0.5, 0.6) is 0 Å². The van der Waals surface area contributed by atoms with Gasteiger partial charge in [-0.15, -0.1) is 0 Å². The van der Waals surface area contributed by atoms with Crippen molar-refractivity contribution in [3.05, 3.63) is 30.1 Å². The lowest BCUT2D eigenvalue weighted by atomic mass is 9.97. The van der Waals surface area contributed by atoms with Crippen molar-refractivity contribution in [2.24, 2.45) is 5.92 Å². The third-order valence-corrected chi connectivity index (χ3v) is 4.96. The standard InChI is InChI=1S/C19H31N5O2/c1-22-11-7-16(8-12-22)15-24(3)19(26)21-14-18(25)23(2)13-9-17-6-4-5-10-20-17/h4-6,10,16H,7-9,11-15H2,1-3H3,(H,21,26). The summed E-state index contributed by atoms with van der Waals surface area (Å²) in [5.41, 5.74) is 0.953. The van der Waals surface area contributed by atoms with Crippen LogP contribution in [0.3, 0.4) is 0 Å². The van der Waals surface area contributed by atoms with Crippen molar-refractivity contribution in [1.82, 2.24) is 25.0 Å². The maximum atomic E-state index is 12.2. The van der Waals surface area contributed by atoms with Crippen LogP contribution in [-0.4, -0.2) is 85.5 Å². The monoisotopic (exact) mass is 361 g/mol. The molecular weight excluding hydrogens is 330 g/mol. The molecule has 0 bridgehead atoms. The van der Waals surface area contributed by atoms with E-state index >= 15 is 0 Å². The second-order valence-electron chi connectivity index (χ2n) is 7.17. The van der Waals surface area contributed by atoms with Crippen molar-refractivity contribution in [3.63, 3.8) is 0 Å². The Bertz CT molecular complexity index is 573. The van der Waals surface area contributed by atoms with Crippen LogP contribution in [0.2, 0.25) is 0 Å². The smallest absolute Gasteiger partial charge is 0.317 e. The molecule has 1 aromatic rings. The average molecular weight is 361 g/mol. The van der Waals surface area contributed by atoms with E-state index < -0.39 is 0 Å². The van der Waals surface area contributed by atoms with Gasteiger partial charge in [-0.2, -0.15) is 0 Å². The van der Waals surface area contributed by atoms with Gasteiger partial charge in [0.05, 0.1) is 6.54 Å². The zero-order chi connectivity index (χ0) is 18.9. The second kappa shape index (κ2) is 10.1. The number of carbonyl (C=O) groups excluding carboxylic acids is 2. The van der Waals surface area contributed by atoms with E-state index in [1.165, 1.54) is 0 Å². The largest absolute Gasteiger partial charge is 0.344 e. The summed E-state index contributed by atoms with van der Waals surface area (Å²) in [6, 6.07) is 5.56. The van der Waals surface area contributed by atoms with E-state index in [0.29, 0.717) is 18.9 Å². The molecule has 1 fully saturated rings. The summed E-state index contributed by atoms with van der Waals surface area (Å²) in [5, 5.41) is 2.73.